The van der Waals surface area contributed by atoms with Crippen molar-refractivity contribution in [3.05, 3.63) is 35.4 Å². The summed E-state index contributed by atoms with van der Waals surface area (Å²) in [6.07, 6.45) is 8.44. The second-order valence-electron chi connectivity index (χ2n) is 12.9. The molecular weight excluding hydrogens is 518 g/mol. The fraction of sp³-hybridized carbons (Fsp3) is 0.733. The number of piperidine rings is 1. The van der Waals surface area contributed by atoms with Crippen LogP contribution in [0.2, 0.25) is 0 Å². The zero-order valence-electron chi connectivity index (χ0n) is 23.5. The van der Waals surface area contributed by atoms with E-state index in [1.165, 1.54) is 38.5 Å². The van der Waals surface area contributed by atoms with Crippen molar-refractivity contribution in [1.29, 1.82) is 0 Å². The van der Waals surface area contributed by atoms with Crippen LogP contribution in [0, 0.1) is 40.7 Å². The average Bonchev–Trinajstić information content (AvgIpc) is 2.89. The van der Waals surface area contributed by atoms with Gasteiger partial charge in [-0.25, -0.2) is 18.4 Å². The Morgan fingerprint density at radius 2 is 1.85 bits per heavy atom. The quantitative estimate of drug-likeness (QED) is 0.287. The Kier molecular flexibility index (Phi) is 9.14. The van der Waals surface area contributed by atoms with Gasteiger partial charge in [-0.1, -0.05) is 0 Å². The van der Waals surface area contributed by atoms with E-state index < -0.39 is 23.8 Å². The summed E-state index contributed by atoms with van der Waals surface area (Å²) in [5.74, 6) is 1.15. The predicted molar refractivity (Wildman–Crippen MR) is 147 cm³/mol. The number of nitrogens with zero attached hydrogens (tertiary/aromatic N) is 1. The molecule has 5 fully saturated rings. The van der Waals surface area contributed by atoms with E-state index in [9.17, 15) is 18.4 Å². The third kappa shape index (κ3) is 6.87. The number of hydrogen-bond acceptors (Lipinski definition) is 4. The van der Waals surface area contributed by atoms with Crippen LogP contribution in [-0.4, -0.2) is 68.0 Å². The Hall–Kier alpha value is -2.46. The summed E-state index contributed by atoms with van der Waals surface area (Å²) in [6, 6.07) is 3.19. The van der Waals surface area contributed by atoms with Crippen LogP contribution < -0.4 is 16.0 Å². The van der Waals surface area contributed by atoms with Crippen molar-refractivity contribution >= 4 is 12.1 Å². The Balaban J connectivity index is 1.24. The van der Waals surface area contributed by atoms with Crippen LogP contribution in [0.25, 0.3) is 0 Å². The van der Waals surface area contributed by atoms with Crippen molar-refractivity contribution in [2.75, 3.05) is 39.8 Å². The van der Waals surface area contributed by atoms with E-state index in [0.717, 1.165) is 42.4 Å². The highest BCUT2D eigenvalue weighted by molar-refractivity contribution is 5.74. The molecule has 0 radical (unpaired) electrons. The van der Waals surface area contributed by atoms with Crippen molar-refractivity contribution in [3.63, 3.8) is 0 Å². The van der Waals surface area contributed by atoms with E-state index in [2.05, 4.69) is 16.0 Å². The number of hydrogen-bond donors (Lipinski definition) is 4. The topological polar surface area (TPSA) is 103 Å². The Morgan fingerprint density at radius 1 is 1.15 bits per heavy atom. The highest BCUT2D eigenvalue weighted by Gasteiger charge is 2.51. The molecular formula is C30H44F2N4O4. The molecule has 3 unspecified atom stereocenters. The first-order valence-electron chi connectivity index (χ1n) is 15.0. The van der Waals surface area contributed by atoms with Gasteiger partial charge in [0.25, 0.3) is 0 Å². The molecule has 3 amide bonds. The van der Waals surface area contributed by atoms with Crippen LogP contribution in [0.4, 0.5) is 18.4 Å². The maximum absolute atomic E-state index is 14.8. The molecule has 4 bridgehead atoms. The summed E-state index contributed by atoms with van der Waals surface area (Å²) in [7, 11) is 1.92. The molecule has 0 spiro atoms. The summed E-state index contributed by atoms with van der Waals surface area (Å²) in [4.78, 5) is 26.2. The van der Waals surface area contributed by atoms with E-state index in [0.29, 0.717) is 37.9 Å². The summed E-state index contributed by atoms with van der Waals surface area (Å²) in [5, 5.41) is 17.7. The number of halogens is 2. The van der Waals surface area contributed by atoms with Gasteiger partial charge < -0.3 is 30.7 Å². The maximum atomic E-state index is 14.8. The molecule has 4 N–H and O–H groups in total. The van der Waals surface area contributed by atoms with Gasteiger partial charge in [0.05, 0.1) is 12.7 Å². The largest absolute Gasteiger partial charge is 0.465 e. The number of amides is 3. The van der Waals surface area contributed by atoms with Gasteiger partial charge in [0.2, 0.25) is 0 Å². The number of carbonyl (C=O) groups is 2. The fourth-order valence-corrected chi connectivity index (χ4v) is 8.75. The summed E-state index contributed by atoms with van der Waals surface area (Å²) >= 11 is 0. The number of likely N-dealkylation sites (N-methyl/N-ethyl adjacent to an activating group) is 1. The molecule has 8 nitrogen and oxygen atoms in total. The summed E-state index contributed by atoms with van der Waals surface area (Å²) < 4.78 is 34.9. The van der Waals surface area contributed by atoms with E-state index >= 15 is 0 Å². The van der Waals surface area contributed by atoms with Gasteiger partial charge in [-0.3, -0.25) is 0 Å². The zero-order valence-corrected chi connectivity index (χ0v) is 23.5. The molecule has 1 aliphatic heterocycles. The molecule has 10 heteroatoms. The second kappa shape index (κ2) is 12.6. The molecule has 5 aliphatic rings. The molecule has 4 aliphatic carbocycles. The molecule has 1 aromatic rings. The first kappa shape index (κ1) is 29.0. The van der Waals surface area contributed by atoms with Crippen molar-refractivity contribution in [3.8, 4) is 0 Å². The van der Waals surface area contributed by atoms with Crippen LogP contribution in [0.1, 0.15) is 69.5 Å². The summed E-state index contributed by atoms with van der Waals surface area (Å²) in [5.41, 5.74) is 0.434. The number of nitrogens with one attached hydrogen (secondary N) is 3. The number of benzene rings is 1. The minimum Gasteiger partial charge on any atom is -0.465 e. The lowest BCUT2D eigenvalue weighted by Crippen LogP contribution is -2.54. The standard InChI is InChI=1S/C30H44F2N4O4/c1-33-17-24(16-30-13-19-9-20(14-30)11-21(10-19)15-30)35-28(37)36-7-2-3-22(18-36)27(40-8-6-34-29(38)39)25-12-23(31)4-5-26(25)32/h4-5,12,19-22,24,27,33-34H,2-3,6-11,13-18H2,1H3,(H,35,37)(H,38,39). The molecule has 4 saturated carbocycles. The van der Waals surface area contributed by atoms with Crippen LogP contribution in [-0.2, 0) is 4.74 Å². The van der Waals surface area contributed by atoms with Gasteiger partial charge in [0.15, 0.2) is 0 Å². The van der Waals surface area contributed by atoms with Gasteiger partial charge in [0.1, 0.15) is 11.6 Å². The number of urea groups is 1. The van der Waals surface area contributed by atoms with Crippen molar-refractivity contribution < 1.29 is 28.2 Å². The number of rotatable bonds is 11. The lowest BCUT2D eigenvalue weighted by molar-refractivity contribution is -0.0615. The number of carbonyl (C=O) groups excluding carboxylic acids is 1. The molecule has 1 heterocycles. The van der Waals surface area contributed by atoms with E-state index in [4.69, 9.17) is 9.84 Å². The molecule has 1 saturated heterocycles. The normalized spacial score (nSPS) is 30.6. The van der Waals surface area contributed by atoms with Crippen LogP contribution in [0.3, 0.4) is 0 Å². The van der Waals surface area contributed by atoms with Gasteiger partial charge in [-0.2, -0.15) is 0 Å². The van der Waals surface area contributed by atoms with Gasteiger partial charge >= 0.3 is 12.1 Å². The minimum atomic E-state index is -1.18. The monoisotopic (exact) mass is 562 g/mol. The Bertz CT molecular complexity index is 1020. The molecule has 40 heavy (non-hydrogen) atoms. The van der Waals surface area contributed by atoms with Crippen LogP contribution in [0.15, 0.2) is 18.2 Å². The first-order chi connectivity index (χ1) is 19.2. The molecule has 1 aromatic carbocycles. The third-order valence-electron chi connectivity index (χ3n) is 9.74. The molecule has 6 rings (SSSR count). The van der Waals surface area contributed by atoms with Crippen molar-refractivity contribution in [1.82, 2.24) is 20.9 Å². The Labute approximate surface area is 235 Å². The SMILES string of the molecule is CNCC(CC12CC3CC(CC(C3)C1)C2)NC(=O)N1CCCC(C(OCCNC(=O)O)c2cc(F)ccc2F)C1. The number of likely N-dealkylation sites (tertiary alicyclic amines) is 1. The number of ether oxygens (including phenoxy) is 1. The van der Waals surface area contributed by atoms with Gasteiger partial charge in [-0.05, 0) is 106 Å². The van der Waals surface area contributed by atoms with Gasteiger partial charge in [-0.15, -0.1) is 0 Å². The summed E-state index contributed by atoms with van der Waals surface area (Å²) in [6.45, 7) is 1.68. The Morgan fingerprint density at radius 3 is 2.50 bits per heavy atom. The highest BCUT2D eigenvalue weighted by atomic mass is 19.1. The number of carboxylic acid groups (broad SMARTS) is 1. The van der Waals surface area contributed by atoms with Crippen molar-refractivity contribution in [2.24, 2.45) is 29.1 Å². The second-order valence-corrected chi connectivity index (χ2v) is 12.9. The van der Waals surface area contributed by atoms with E-state index in [-0.39, 0.29) is 36.7 Å². The van der Waals surface area contributed by atoms with Crippen LogP contribution >= 0.6 is 0 Å². The molecule has 222 valence electrons. The molecule has 3 atom stereocenters. The molecule has 0 aromatic heterocycles. The van der Waals surface area contributed by atoms with E-state index in [1.807, 2.05) is 7.05 Å². The lowest BCUT2D eigenvalue weighted by Gasteiger charge is -2.57. The lowest BCUT2D eigenvalue weighted by atomic mass is 9.48. The van der Waals surface area contributed by atoms with Crippen LogP contribution in [0.5, 0.6) is 0 Å². The maximum Gasteiger partial charge on any atom is 0.404 e. The average molecular weight is 563 g/mol. The van der Waals surface area contributed by atoms with E-state index in [1.54, 1.807) is 4.90 Å². The smallest absolute Gasteiger partial charge is 0.404 e. The fourth-order valence-electron chi connectivity index (χ4n) is 8.75. The minimum absolute atomic E-state index is 0.00489. The zero-order chi connectivity index (χ0) is 28.3. The van der Waals surface area contributed by atoms with Gasteiger partial charge in [0, 0.05) is 43.7 Å². The third-order valence-corrected chi connectivity index (χ3v) is 9.74. The highest BCUT2D eigenvalue weighted by Crippen LogP contribution is 2.61. The first-order valence-corrected chi connectivity index (χ1v) is 15.0. The van der Waals surface area contributed by atoms with Crippen molar-refractivity contribution in [2.45, 2.75) is 69.9 Å². The predicted octanol–water partition coefficient (Wildman–Crippen LogP) is 4.91.